The van der Waals surface area contributed by atoms with Gasteiger partial charge in [-0.05, 0) is 49.4 Å². The van der Waals surface area contributed by atoms with Crippen molar-refractivity contribution in [2.24, 2.45) is 0 Å². The van der Waals surface area contributed by atoms with E-state index in [-0.39, 0.29) is 23.6 Å². The van der Waals surface area contributed by atoms with Gasteiger partial charge in [0.15, 0.2) is 11.3 Å². The SMILES string of the molecule is CCOc1ccc(C(=O)Nc2cccc(-c3nc4cc(OC)ccc4o3)c2)cc1[N+](=O)[O-]. The molecule has 3 aromatic carbocycles. The summed E-state index contributed by atoms with van der Waals surface area (Å²) in [4.78, 5) is 27.9. The van der Waals surface area contributed by atoms with Gasteiger partial charge in [0.1, 0.15) is 11.3 Å². The topological polar surface area (TPSA) is 117 Å². The van der Waals surface area contributed by atoms with Gasteiger partial charge in [0.2, 0.25) is 5.89 Å². The molecule has 0 aliphatic rings. The van der Waals surface area contributed by atoms with Crippen LogP contribution < -0.4 is 14.8 Å². The van der Waals surface area contributed by atoms with E-state index in [1.54, 1.807) is 56.5 Å². The predicted octanol–water partition coefficient (Wildman–Crippen LogP) is 5.06. The number of aromatic nitrogens is 1. The molecule has 4 aromatic rings. The lowest BCUT2D eigenvalue weighted by Crippen LogP contribution is -2.12. The third kappa shape index (κ3) is 4.22. The number of hydrogen-bond donors (Lipinski definition) is 1. The number of benzene rings is 3. The van der Waals surface area contributed by atoms with Crippen LogP contribution in [0.5, 0.6) is 11.5 Å². The van der Waals surface area contributed by atoms with E-state index < -0.39 is 10.8 Å². The third-order valence-corrected chi connectivity index (χ3v) is 4.68. The first-order chi connectivity index (χ1) is 15.5. The first kappa shape index (κ1) is 20.9. The fourth-order valence-corrected chi connectivity index (χ4v) is 3.17. The van der Waals surface area contributed by atoms with Gasteiger partial charge < -0.3 is 19.2 Å². The molecular weight excluding hydrogens is 414 g/mol. The number of hydrogen-bond acceptors (Lipinski definition) is 7. The number of oxazole rings is 1. The summed E-state index contributed by atoms with van der Waals surface area (Å²) in [6.45, 7) is 2.01. The van der Waals surface area contributed by atoms with Gasteiger partial charge in [-0.15, -0.1) is 0 Å². The van der Waals surface area contributed by atoms with Gasteiger partial charge in [-0.1, -0.05) is 6.07 Å². The van der Waals surface area contributed by atoms with Gasteiger partial charge >= 0.3 is 5.69 Å². The molecule has 9 nitrogen and oxygen atoms in total. The standard InChI is InChI=1S/C23H19N3O6/c1-3-31-21-9-7-14(12-19(21)26(28)29)22(27)24-16-6-4-5-15(11-16)23-25-18-13-17(30-2)8-10-20(18)32-23/h4-13H,3H2,1-2H3,(H,24,27). The van der Waals surface area contributed by atoms with Gasteiger partial charge in [-0.25, -0.2) is 4.98 Å². The van der Waals surface area contributed by atoms with Crippen LogP contribution >= 0.6 is 0 Å². The Hall–Kier alpha value is -4.40. The van der Waals surface area contributed by atoms with E-state index in [0.29, 0.717) is 34.0 Å². The number of rotatable bonds is 7. The molecule has 162 valence electrons. The summed E-state index contributed by atoms with van der Waals surface area (Å²) in [6, 6.07) is 16.4. The summed E-state index contributed by atoms with van der Waals surface area (Å²) in [6.07, 6.45) is 0. The van der Waals surface area contributed by atoms with E-state index in [2.05, 4.69) is 10.3 Å². The fourth-order valence-electron chi connectivity index (χ4n) is 3.17. The maximum Gasteiger partial charge on any atom is 0.311 e. The average Bonchev–Trinajstić information content (AvgIpc) is 3.23. The van der Waals surface area contributed by atoms with E-state index in [9.17, 15) is 14.9 Å². The van der Waals surface area contributed by atoms with Gasteiger partial charge in [0.25, 0.3) is 5.91 Å². The molecule has 0 atom stereocenters. The number of carbonyl (C=O) groups excluding carboxylic acids is 1. The Labute approximate surface area is 182 Å². The highest BCUT2D eigenvalue weighted by Gasteiger charge is 2.19. The Morgan fingerprint density at radius 3 is 2.75 bits per heavy atom. The van der Waals surface area contributed by atoms with Crippen LogP contribution in [0.25, 0.3) is 22.6 Å². The number of ether oxygens (including phenoxy) is 2. The molecule has 32 heavy (non-hydrogen) atoms. The van der Waals surface area contributed by atoms with Crippen molar-refractivity contribution >= 4 is 28.4 Å². The molecule has 0 unspecified atom stereocenters. The van der Waals surface area contributed by atoms with Crippen molar-refractivity contribution in [2.75, 3.05) is 19.0 Å². The van der Waals surface area contributed by atoms with Crippen molar-refractivity contribution in [3.63, 3.8) is 0 Å². The number of carbonyl (C=O) groups is 1. The maximum atomic E-state index is 12.7. The predicted molar refractivity (Wildman–Crippen MR) is 118 cm³/mol. The van der Waals surface area contributed by atoms with Crippen molar-refractivity contribution in [3.8, 4) is 23.0 Å². The zero-order valence-electron chi connectivity index (χ0n) is 17.3. The number of nitro benzene ring substituents is 1. The quantitative estimate of drug-likeness (QED) is 0.320. The highest BCUT2D eigenvalue weighted by Crippen LogP contribution is 2.30. The van der Waals surface area contributed by atoms with Crippen LogP contribution in [0.1, 0.15) is 17.3 Å². The van der Waals surface area contributed by atoms with Crippen molar-refractivity contribution in [1.82, 2.24) is 4.98 Å². The summed E-state index contributed by atoms with van der Waals surface area (Å²) in [5, 5.41) is 14.1. The van der Waals surface area contributed by atoms with Crippen LogP contribution in [0, 0.1) is 10.1 Å². The normalized spacial score (nSPS) is 10.7. The Kier molecular flexibility index (Phi) is 5.71. The van der Waals surface area contributed by atoms with Crippen molar-refractivity contribution in [3.05, 3.63) is 76.3 Å². The summed E-state index contributed by atoms with van der Waals surface area (Å²) in [7, 11) is 1.58. The van der Waals surface area contributed by atoms with Gasteiger partial charge in [-0.2, -0.15) is 0 Å². The van der Waals surface area contributed by atoms with Crippen LogP contribution in [0.2, 0.25) is 0 Å². The molecule has 0 bridgehead atoms. The van der Waals surface area contributed by atoms with Crippen LogP contribution in [-0.2, 0) is 0 Å². The number of methoxy groups -OCH3 is 1. The lowest BCUT2D eigenvalue weighted by atomic mass is 10.1. The zero-order chi connectivity index (χ0) is 22.7. The van der Waals surface area contributed by atoms with E-state index in [4.69, 9.17) is 13.9 Å². The Morgan fingerprint density at radius 1 is 1.16 bits per heavy atom. The molecule has 1 heterocycles. The van der Waals surface area contributed by atoms with E-state index >= 15 is 0 Å². The lowest BCUT2D eigenvalue weighted by Gasteiger charge is -2.08. The molecule has 1 N–H and O–H groups in total. The number of nitrogens with zero attached hydrogens (tertiary/aromatic N) is 2. The molecule has 0 saturated heterocycles. The average molecular weight is 433 g/mol. The first-order valence-electron chi connectivity index (χ1n) is 9.76. The summed E-state index contributed by atoms with van der Waals surface area (Å²) in [5.41, 5.74) is 2.28. The highest BCUT2D eigenvalue weighted by molar-refractivity contribution is 6.05. The lowest BCUT2D eigenvalue weighted by molar-refractivity contribution is -0.385. The molecule has 0 aliphatic heterocycles. The van der Waals surface area contributed by atoms with Crippen LogP contribution in [0.3, 0.4) is 0 Å². The molecule has 0 aliphatic carbocycles. The minimum absolute atomic E-state index is 0.114. The minimum Gasteiger partial charge on any atom is -0.497 e. The second kappa shape index (κ2) is 8.76. The smallest absolute Gasteiger partial charge is 0.311 e. The van der Waals surface area contributed by atoms with Gasteiger partial charge in [0, 0.05) is 28.9 Å². The Balaban J connectivity index is 1.58. The number of amides is 1. The number of fused-ring (bicyclic) bond motifs is 1. The van der Waals surface area contributed by atoms with Crippen LogP contribution in [-0.4, -0.2) is 29.5 Å². The van der Waals surface area contributed by atoms with Gasteiger partial charge in [-0.3, -0.25) is 14.9 Å². The summed E-state index contributed by atoms with van der Waals surface area (Å²) in [5.74, 6) is 0.683. The van der Waals surface area contributed by atoms with Crippen LogP contribution in [0.15, 0.2) is 65.1 Å². The second-order valence-electron chi connectivity index (χ2n) is 6.76. The molecule has 4 rings (SSSR count). The van der Waals surface area contributed by atoms with E-state index in [1.165, 1.54) is 18.2 Å². The van der Waals surface area contributed by atoms with Crippen molar-refractivity contribution in [1.29, 1.82) is 0 Å². The molecule has 0 fully saturated rings. The monoisotopic (exact) mass is 433 g/mol. The largest absolute Gasteiger partial charge is 0.497 e. The zero-order valence-corrected chi connectivity index (χ0v) is 17.3. The Bertz CT molecular complexity index is 1310. The Morgan fingerprint density at radius 2 is 2.00 bits per heavy atom. The van der Waals surface area contributed by atoms with Gasteiger partial charge in [0.05, 0.1) is 18.6 Å². The summed E-state index contributed by atoms with van der Waals surface area (Å²) >= 11 is 0. The number of nitro groups is 1. The van der Waals surface area contributed by atoms with Crippen molar-refractivity contribution < 1.29 is 23.6 Å². The molecule has 0 radical (unpaired) electrons. The minimum atomic E-state index is -0.579. The number of nitrogens with one attached hydrogen (secondary N) is 1. The number of anilines is 1. The van der Waals surface area contributed by atoms with Crippen molar-refractivity contribution in [2.45, 2.75) is 6.92 Å². The molecule has 1 amide bonds. The maximum absolute atomic E-state index is 12.7. The molecule has 1 aromatic heterocycles. The molecule has 0 saturated carbocycles. The molecular formula is C23H19N3O6. The fraction of sp³-hybridized carbons (Fsp3) is 0.130. The molecule has 0 spiro atoms. The third-order valence-electron chi connectivity index (χ3n) is 4.68. The second-order valence-corrected chi connectivity index (χ2v) is 6.76. The highest BCUT2D eigenvalue weighted by atomic mass is 16.6. The first-order valence-corrected chi connectivity index (χ1v) is 9.76. The van der Waals surface area contributed by atoms with Crippen LogP contribution in [0.4, 0.5) is 11.4 Å². The van der Waals surface area contributed by atoms with E-state index in [1.807, 2.05) is 0 Å². The molecule has 9 heteroatoms. The van der Waals surface area contributed by atoms with E-state index in [0.717, 1.165) is 0 Å². The summed E-state index contributed by atoms with van der Waals surface area (Å²) < 4.78 is 16.3.